The van der Waals surface area contributed by atoms with E-state index in [1.54, 1.807) is 36.4 Å². The molecule has 3 aromatic carbocycles. The molecule has 0 spiro atoms. The number of oxazole rings is 1. The number of aromatic hydroxyl groups is 1. The molecule has 0 atom stereocenters. The minimum absolute atomic E-state index is 0.202. The van der Waals surface area contributed by atoms with Crippen LogP contribution < -0.4 is 0 Å². The van der Waals surface area contributed by atoms with Gasteiger partial charge in [0.05, 0.1) is 20.7 Å². The van der Waals surface area contributed by atoms with Crippen LogP contribution in [0.2, 0.25) is 10.0 Å². The van der Waals surface area contributed by atoms with Gasteiger partial charge < -0.3 is 9.52 Å². The van der Waals surface area contributed by atoms with Gasteiger partial charge in [-0.2, -0.15) is 0 Å². The second-order valence-electron chi connectivity index (χ2n) is 6.18. The molecule has 0 amide bonds. The average molecular weight is 507 g/mol. The summed E-state index contributed by atoms with van der Waals surface area (Å²) in [5.74, 6) is -0.0821. The molecule has 4 aromatic rings. The maximum atomic E-state index is 11.1. The largest absolute Gasteiger partial charge is 0.502 e. The molecule has 0 aliphatic carbocycles. The minimum atomic E-state index is -0.663. The summed E-state index contributed by atoms with van der Waals surface area (Å²) in [4.78, 5) is 19.1. The Labute approximate surface area is 187 Å². The highest BCUT2D eigenvalue weighted by atomic mass is 79.9. The lowest BCUT2D eigenvalue weighted by atomic mass is 10.2. The molecule has 0 fully saturated rings. The van der Waals surface area contributed by atoms with Crippen molar-refractivity contribution in [2.75, 3.05) is 0 Å². The van der Waals surface area contributed by atoms with Crippen molar-refractivity contribution in [3.8, 4) is 17.2 Å². The summed E-state index contributed by atoms with van der Waals surface area (Å²) in [5.41, 5.74) is 2.11. The first kappa shape index (κ1) is 20.3. The van der Waals surface area contributed by atoms with E-state index in [0.29, 0.717) is 42.8 Å². The minimum Gasteiger partial charge on any atom is -0.502 e. The van der Waals surface area contributed by atoms with Crippen LogP contribution >= 0.6 is 39.1 Å². The quantitative estimate of drug-likeness (QED) is 0.183. The summed E-state index contributed by atoms with van der Waals surface area (Å²) < 4.78 is 6.21. The zero-order valence-corrected chi connectivity index (χ0v) is 17.9. The first-order chi connectivity index (χ1) is 14.3. The highest BCUT2D eigenvalue weighted by Gasteiger charge is 2.17. The molecular formula is C20H10BrCl2N3O4. The molecule has 7 nitrogen and oxygen atoms in total. The van der Waals surface area contributed by atoms with Gasteiger partial charge in [0.15, 0.2) is 5.58 Å². The molecule has 4 rings (SSSR count). The van der Waals surface area contributed by atoms with Gasteiger partial charge in [0.1, 0.15) is 5.52 Å². The lowest BCUT2D eigenvalue weighted by Crippen LogP contribution is -1.92. The van der Waals surface area contributed by atoms with E-state index in [-0.39, 0.29) is 5.56 Å². The molecule has 150 valence electrons. The van der Waals surface area contributed by atoms with Crippen molar-refractivity contribution in [1.29, 1.82) is 0 Å². The van der Waals surface area contributed by atoms with Crippen molar-refractivity contribution < 1.29 is 14.4 Å². The van der Waals surface area contributed by atoms with Crippen LogP contribution in [0.25, 0.3) is 22.6 Å². The number of fused-ring (bicyclic) bond motifs is 1. The van der Waals surface area contributed by atoms with Crippen molar-refractivity contribution >= 4 is 67.8 Å². The molecule has 30 heavy (non-hydrogen) atoms. The molecule has 0 bridgehead atoms. The number of phenolic OH excluding ortho intramolecular Hbond substituents is 1. The predicted octanol–water partition coefficient (Wildman–Crippen LogP) is 6.93. The molecule has 1 heterocycles. The summed E-state index contributed by atoms with van der Waals surface area (Å²) in [5, 5.41) is 22.0. The van der Waals surface area contributed by atoms with Crippen molar-refractivity contribution in [1.82, 2.24) is 4.98 Å². The van der Waals surface area contributed by atoms with Gasteiger partial charge in [-0.05, 0) is 42.5 Å². The van der Waals surface area contributed by atoms with Crippen LogP contribution in [0.5, 0.6) is 5.75 Å². The van der Waals surface area contributed by atoms with Crippen molar-refractivity contribution in [3.63, 3.8) is 0 Å². The van der Waals surface area contributed by atoms with E-state index in [0.717, 1.165) is 0 Å². The second-order valence-corrected chi connectivity index (χ2v) is 7.91. The highest BCUT2D eigenvalue weighted by molar-refractivity contribution is 9.10. The first-order valence-corrected chi connectivity index (χ1v) is 9.93. The fourth-order valence-electron chi connectivity index (χ4n) is 2.74. The third kappa shape index (κ3) is 4.02. The lowest BCUT2D eigenvalue weighted by molar-refractivity contribution is -0.385. The molecule has 0 saturated carbocycles. The van der Waals surface area contributed by atoms with Crippen molar-refractivity contribution in [2.24, 2.45) is 4.99 Å². The predicted molar refractivity (Wildman–Crippen MR) is 119 cm³/mol. The van der Waals surface area contributed by atoms with E-state index in [1.165, 1.54) is 18.3 Å². The Morgan fingerprint density at radius 3 is 2.67 bits per heavy atom. The number of aliphatic imine (C=N–C) groups is 1. The van der Waals surface area contributed by atoms with Crippen LogP contribution in [0.15, 0.2) is 62.4 Å². The van der Waals surface area contributed by atoms with Crippen LogP contribution in [0.3, 0.4) is 0 Å². The molecule has 0 radical (unpaired) electrons. The third-order valence-electron chi connectivity index (χ3n) is 4.17. The zero-order chi connectivity index (χ0) is 21.4. The monoisotopic (exact) mass is 505 g/mol. The molecule has 0 aliphatic rings. The lowest BCUT2D eigenvalue weighted by Gasteiger charge is -2.01. The summed E-state index contributed by atoms with van der Waals surface area (Å²) in [6, 6.07) is 12.9. The summed E-state index contributed by atoms with van der Waals surface area (Å²) >= 11 is 15.2. The van der Waals surface area contributed by atoms with E-state index < -0.39 is 16.4 Å². The van der Waals surface area contributed by atoms with Crippen LogP contribution in [0.4, 0.5) is 11.4 Å². The number of nitrogens with zero attached hydrogens (tertiary/aromatic N) is 3. The number of phenols is 1. The standard InChI is InChI=1S/C20H10BrCl2N3O4/c21-12-5-11(19(27)17(7-12)26(28)29)9-24-13-2-4-18-16(8-13)25-20(30-18)10-1-3-14(22)15(23)6-10/h1-9,27H. The first-order valence-electron chi connectivity index (χ1n) is 8.39. The number of halogens is 3. The van der Waals surface area contributed by atoms with Gasteiger partial charge in [-0.15, -0.1) is 0 Å². The smallest absolute Gasteiger partial charge is 0.312 e. The van der Waals surface area contributed by atoms with E-state index >= 15 is 0 Å². The zero-order valence-electron chi connectivity index (χ0n) is 14.8. The number of rotatable bonds is 4. The molecule has 1 aromatic heterocycles. The van der Waals surface area contributed by atoms with Crippen LogP contribution in [0.1, 0.15) is 5.56 Å². The maximum Gasteiger partial charge on any atom is 0.312 e. The van der Waals surface area contributed by atoms with Crippen LogP contribution in [0, 0.1) is 10.1 Å². The fraction of sp³-hybridized carbons (Fsp3) is 0. The average Bonchev–Trinajstić information content (AvgIpc) is 3.13. The molecule has 0 unspecified atom stereocenters. The molecule has 0 aliphatic heterocycles. The van der Waals surface area contributed by atoms with E-state index in [4.69, 9.17) is 27.6 Å². The molecule has 0 saturated heterocycles. The number of hydrogen-bond acceptors (Lipinski definition) is 6. The topological polar surface area (TPSA) is 102 Å². The van der Waals surface area contributed by atoms with Crippen LogP contribution in [-0.2, 0) is 0 Å². The fourth-order valence-corrected chi connectivity index (χ4v) is 3.50. The van der Waals surface area contributed by atoms with Gasteiger partial charge in [-0.1, -0.05) is 39.1 Å². The molecule has 10 heteroatoms. The van der Waals surface area contributed by atoms with Crippen molar-refractivity contribution in [2.45, 2.75) is 0 Å². The number of benzene rings is 3. The SMILES string of the molecule is O=[N+]([O-])c1cc(Br)cc(C=Nc2ccc3oc(-c4ccc(Cl)c(Cl)c4)nc3c2)c1O. The summed E-state index contributed by atoms with van der Waals surface area (Å²) in [7, 11) is 0. The Morgan fingerprint density at radius 2 is 1.93 bits per heavy atom. The third-order valence-corrected chi connectivity index (χ3v) is 5.37. The van der Waals surface area contributed by atoms with E-state index in [2.05, 4.69) is 25.9 Å². The number of aromatic nitrogens is 1. The summed E-state index contributed by atoms with van der Waals surface area (Å²) in [6.45, 7) is 0. The number of nitro groups is 1. The number of nitro benzene ring substituents is 1. The molecule has 1 N–H and O–H groups in total. The van der Waals surface area contributed by atoms with Crippen LogP contribution in [-0.4, -0.2) is 21.2 Å². The van der Waals surface area contributed by atoms with Gasteiger partial charge in [-0.25, -0.2) is 4.98 Å². The Hall–Kier alpha value is -2.94. The van der Waals surface area contributed by atoms with E-state index in [1.807, 2.05) is 0 Å². The van der Waals surface area contributed by atoms with E-state index in [9.17, 15) is 15.2 Å². The Morgan fingerprint density at radius 1 is 1.13 bits per heavy atom. The Bertz CT molecular complexity index is 1340. The van der Waals surface area contributed by atoms with Gasteiger partial charge in [0.25, 0.3) is 0 Å². The van der Waals surface area contributed by atoms with Crippen molar-refractivity contribution in [3.05, 3.63) is 78.7 Å². The van der Waals surface area contributed by atoms with Gasteiger partial charge in [-0.3, -0.25) is 15.1 Å². The molecular weight excluding hydrogens is 497 g/mol. The Balaban J connectivity index is 1.68. The number of hydrogen-bond donors (Lipinski definition) is 1. The maximum absolute atomic E-state index is 11.1. The van der Waals surface area contributed by atoms with Gasteiger partial charge in [0, 0.05) is 27.9 Å². The highest BCUT2D eigenvalue weighted by Crippen LogP contribution is 2.34. The summed E-state index contributed by atoms with van der Waals surface area (Å²) in [6.07, 6.45) is 1.34. The van der Waals surface area contributed by atoms with Gasteiger partial charge >= 0.3 is 5.69 Å². The van der Waals surface area contributed by atoms with Gasteiger partial charge in [0.2, 0.25) is 11.6 Å². The Kier molecular flexibility index (Phi) is 5.46. The normalized spacial score (nSPS) is 11.4. The second kappa shape index (κ2) is 8.06.